The summed E-state index contributed by atoms with van der Waals surface area (Å²) in [5, 5.41) is 0. The van der Waals surface area contributed by atoms with Crippen LogP contribution in [0.1, 0.15) is 0 Å². The molecule has 0 fully saturated rings. The van der Waals surface area contributed by atoms with Gasteiger partial charge in [-0.3, -0.25) is 4.98 Å². The molecule has 0 unspecified atom stereocenters. The van der Waals surface area contributed by atoms with Crippen molar-refractivity contribution >= 4 is 5.69 Å². The highest BCUT2D eigenvalue weighted by molar-refractivity contribution is 5.82. The number of hydrogen-bond acceptors (Lipinski definition) is 2. The molecule has 0 saturated heterocycles. The Morgan fingerprint density at radius 3 is 2.14 bits per heavy atom. The van der Waals surface area contributed by atoms with Gasteiger partial charge in [-0.05, 0) is 23.3 Å². The van der Waals surface area contributed by atoms with Crippen molar-refractivity contribution in [2.75, 3.05) is 19.0 Å². The van der Waals surface area contributed by atoms with Gasteiger partial charge in [0.1, 0.15) is 0 Å². The summed E-state index contributed by atoms with van der Waals surface area (Å²) >= 11 is 0. The molecule has 0 spiro atoms. The molecule has 1 aromatic heterocycles. The Kier molecular flexibility index (Phi) is 3.69. The Morgan fingerprint density at radius 2 is 1.43 bits per heavy atom. The standard InChI is InChI=1S/C19H18N2/c1-21(2)16-12-13-20-19(14-16)18-11-7-6-10-17(18)15-8-4-3-5-9-15/h3-14H,1-2H3. The summed E-state index contributed by atoms with van der Waals surface area (Å²) < 4.78 is 0. The van der Waals surface area contributed by atoms with E-state index in [1.165, 1.54) is 11.1 Å². The third-order valence-electron chi connectivity index (χ3n) is 3.55. The van der Waals surface area contributed by atoms with Crippen LogP contribution in [0.2, 0.25) is 0 Å². The highest BCUT2D eigenvalue weighted by Gasteiger charge is 2.08. The monoisotopic (exact) mass is 274 g/mol. The van der Waals surface area contributed by atoms with Crippen molar-refractivity contribution in [3.8, 4) is 22.4 Å². The van der Waals surface area contributed by atoms with E-state index in [0.29, 0.717) is 0 Å². The normalized spacial score (nSPS) is 10.4. The van der Waals surface area contributed by atoms with E-state index in [9.17, 15) is 0 Å². The lowest BCUT2D eigenvalue weighted by molar-refractivity contribution is 1.12. The first kappa shape index (κ1) is 13.4. The minimum atomic E-state index is 1.00. The zero-order valence-electron chi connectivity index (χ0n) is 12.3. The van der Waals surface area contributed by atoms with Gasteiger partial charge in [0.25, 0.3) is 0 Å². The number of aromatic nitrogens is 1. The summed E-state index contributed by atoms with van der Waals surface area (Å²) in [6.45, 7) is 0. The molecule has 21 heavy (non-hydrogen) atoms. The SMILES string of the molecule is CN(C)c1ccnc(-c2ccccc2-c2ccccc2)c1. The molecule has 104 valence electrons. The first-order valence-electron chi connectivity index (χ1n) is 7.04. The third kappa shape index (κ3) is 2.79. The van der Waals surface area contributed by atoms with E-state index in [4.69, 9.17) is 0 Å². The van der Waals surface area contributed by atoms with E-state index in [2.05, 4.69) is 64.5 Å². The van der Waals surface area contributed by atoms with Crippen molar-refractivity contribution in [3.63, 3.8) is 0 Å². The van der Waals surface area contributed by atoms with Gasteiger partial charge < -0.3 is 4.90 Å². The Hall–Kier alpha value is -2.61. The second-order valence-corrected chi connectivity index (χ2v) is 5.21. The molecule has 0 aliphatic carbocycles. The molecule has 2 nitrogen and oxygen atoms in total. The molecule has 0 N–H and O–H groups in total. The van der Waals surface area contributed by atoms with Crippen molar-refractivity contribution in [2.45, 2.75) is 0 Å². The molecule has 0 atom stereocenters. The smallest absolute Gasteiger partial charge is 0.0728 e. The van der Waals surface area contributed by atoms with Gasteiger partial charge in [0.15, 0.2) is 0 Å². The molecule has 0 bridgehead atoms. The quantitative estimate of drug-likeness (QED) is 0.700. The average Bonchev–Trinajstić information content (AvgIpc) is 2.56. The van der Waals surface area contributed by atoms with E-state index in [1.807, 2.05) is 32.4 Å². The van der Waals surface area contributed by atoms with Gasteiger partial charge in [0, 0.05) is 31.5 Å². The van der Waals surface area contributed by atoms with Crippen LogP contribution in [0.25, 0.3) is 22.4 Å². The van der Waals surface area contributed by atoms with Crippen LogP contribution >= 0.6 is 0 Å². The van der Waals surface area contributed by atoms with Gasteiger partial charge in [0.2, 0.25) is 0 Å². The van der Waals surface area contributed by atoms with Gasteiger partial charge in [-0.2, -0.15) is 0 Å². The molecular weight excluding hydrogens is 256 g/mol. The summed E-state index contributed by atoms with van der Waals surface area (Å²) in [5.41, 5.74) is 5.74. The molecule has 3 rings (SSSR count). The van der Waals surface area contributed by atoms with E-state index >= 15 is 0 Å². The van der Waals surface area contributed by atoms with E-state index < -0.39 is 0 Å². The van der Waals surface area contributed by atoms with Crippen LogP contribution in [0.3, 0.4) is 0 Å². The van der Waals surface area contributed by atoms with Crippen LogP contribution in [0.15, 0.2) is 72.9 Å². The molecule has 2 aromatic carbocycles. The lowest BCUT2D eigenvalue weighted by Crippen LogP contribution is -2.08. The largest absolute Gasteiger partial charge is 0.378 e. The molecular formula is C19H18N2. The summed E-state index contributed by atoms with van der Waals surface area (Å²) in [4.78, 5) is 6.65. The van der Waals surface area contributed by atoms with Crippen molar-refractivity contribution in [3.05, 3.63) is 72.9 Å². The fraction of sp³-hybridized carbons (Fsp3) is 0.105. The number of anilines is 1. The molecule has 3 aromatic rings. The number of hydrogen-bond donors (Lipinski definition) is 0. The lowest BCUT2D eigenvalue weighted by atomic mass is 9.97. The molecule has 0 amide bonds. The van der Waals surface area contributed by atoms with Crippen molar-refractivity contribution in [1.82, 2.24) is 4.98 Å². The average molecular weight is 274 g/mol. The first-order chi connectivity index (χ1) is 10.3. The van der Waals surface area contributed by atoms with Crippen LogP contribution in [-0.2, 0) is 0 Å². The Balaban J connectivity index is 2.14. The minimum Gasteiger partial charge on any atom is -0.378 e. The van der Waals surface area contributed by atoms with E-state index in [-0.39, 0.29) is 0 Å². The molecule has 0 aliphatic heterocycles. The maximum Gasteiger partial charge on any atom is 0.0728 e. The highest BCUT2D eigenvalue weighted by atomic mass is 15.1. The van der Waals surface area contributed by atoms with Gasteiger partial charge in [-0.15, -0.1) is 0 Å². The summed E-state index contributed by atoms with van der Waals surface area (Å²) in [6, 6.07) is 23.0. The number of benzene rings is 2. The Bertz CT molecular complexity index is 733. The van der Waals surface area contributed by atoms with Gasteiger partial charge >= 0.3 is 0 Å². The Morgan fingerprint density at radius 1 is 0.762 bits per heavy atom. The zero-order valence-corrected chi connectivity index (χ0v) is 12.3. The van der Waals surface area contributed by atoms with Crippen LogP contribution < -0.4 is 4.90 Å². The summed E-state index contributed by atoms with van der Waals surface area (Å²) in [7, 11) is 4.09. The second kappa shape index (κ2) is 5.80. The molecule has 0 saturated carbocycles. The van der Waals surface area contributed by atoms with Gasteiger partial charge in [-0.25, -0.2) is 0 Å². The number of pyridine rings is 1. The van der Waals surface area contributed by atoms with Crippen LogP contribution in [0.5, 0.6) is 0 Å². The predicted octanol–water partition coefficient (Wildman–Crippen LogP) is 4.48. The van der Waals surface area contributed by atoms with Crippen LogP contribution in [0, 0.1) is 0 Å². The maximum absolute atomic E-state index is 4.55. The summed E-state index contributed by atoms with van der Waals surface area (Å²) in [6.07, 6.45) is 1.87. The predicted molar refractivity (Wildman–Crippen MR) is 89.4 cm³/mol. The number of nitrogens with zero attached hydrogens (tertiary/aromatic N) is 2. The van der Waals surface area contributed by atoms with E-state index in [1.54, 1.807) is 0 Å². The fourth-order valence-electron chi connectivity index (χ4n) is 2.42. The van der Waals surface area contributed by atoms with Crippen molar-refractivity contribution < 1.29 is 0 Å². The molecule has 1 heterocycles. The van der Waals surface area contributed by atoms with Gasteiger partial charge in [-0.1, -0.05) is 54.6 Å². The molecule has 0 radical (unpaired) electrons. The lowest BCUT2D eigenvalue weighted by Gasteiger charge is -2.14. The third-order valence-corrected chi connectivity index (χ3v) is 3.55. The first-order valence-corrected chi connectivity index (χ1v) is 7.04. The maximum atomic E-state index is 4.55. The van der Waals surface area contributed by atoms with Gasteiger partial charge in [0.05, 0.1) is 5.69 Å². The number of rotatable bonds is 3. The highest BCUT2D eigenvalue weighted by Crippen LogP contribution is 2.31. The molecule has 2 heteroatoms. The fourth-order valence-corrected chi connectivity index (χ4v) is 2.42. The zero-order chi connectivity index (χ0) is 14.7. The summed E-state index contributed by atoms with van der Waals surface area (Å²) in [5.74, 6) is 0. The molecule has 0 aliphatic rings. The van der Waals surface area contributed by atoms with Crippen LogP contribution in [-0.4, -0.2) is 19.1 Å². The minimum absolute atomic E-state index is 1.00. The second-order valence-electron chi connectivity index (χ2n) is 5.21. The topological polar surface area (TPSA) is 16.1 Å². The van der Waals surface area contributed by atoms with E-state index in [0.717, 1.165) is 16.9 Å². The van der Waals surface area contributed by atoms with Crippen molar-refractivity contribution in [2.24, 2.45) is 0 Å². The van der Waals surface area contributed by atoms with Crippen molar-refractivity contribution in [1.29, 1.82) is 0 Å². The Labute approximate surface area is 125 Å². The van der Waals surface area contributed by atoms with Crippen LogP contribution in [0.4, 0.5) is 5.69 Å².